The van der Waals surface area contributed by atoms with Gasteiger partial charge in [-0.3, -0.25) is 4.79 Å². The molecule has 0 atom stereocenters. The van der Waals surface area contributed by atoms with Gasteiger partial charge in [0.05, 0.1) is 0 Å². The van der Waals surface area contributed by atoms with Gasteiger partial charge in [-0.05, 0) is 30.5 Å². The standard InChI is InChI=1S/C18H20F2N2O/c19-15-9-4-10-16(20)18(15)22-13-11-17(23)21-12-5-8-14-6-2-1-3-7-14/h1-4,6-7,9-10,22H,5,8,11-13H2,(H,21,23). The highest BCUT2D eigenvalue weighted by Crippen LogP contribution is 2.17. The number of amides is 1. The van der Waals surface area contributed by atoms with Crippen molar-refractivity contribution in [2.45, 2.75) is 19.3 Å². The van der Waals surface area contributed by atoms with Gasteiger partial charge in [-0.25, -0.2) is 8.78 Å². The summed E-state index contributed by atoms with van der Waals surface area (Å²) >= 11 is 0. The molecule has 0 unspecified atom stereocenters. The first-order valence-electron chi connectivity index (χ1n) is 7.65. The lowest BCUT2D eigenvalue weighted by molar-refractivity contribution is -0.120. The SMILES string of the molecule is O=C(CCNc1c(F)cccc1F)NCCCc1ccccc1. The van der Waals surface area contributed by atoms with Crippen LogP contribution in [-0.4, -0.2) is 19.0 Å². The van der Waals surface area contributed by atoms with Crippen LogP contribution in [0.4, 0.5) is 14.5 Å². The summed E-state index contributed by atoms with van der Waals surface area (Å²) in [7, 11) is 0. The molecule has 0 aliphatic rings. The fraction of sp³-hybridized carbons (Fsp3) is 0.278. The van der Waals surface area contributed by atoms with Crippen LogP contribution in [0.3, 0.4) is 0 Å². The maximum Gasteiger partial charge on any atom is 0.221 e. The van der Waals surface area contributed by atoms with Crippen molar-refractivity contribution in [1.82, 2.24) is 5.32 Å². The summed E-state index contributed by atoms with van der Waals surface area (Å²) in [6, 6.07) is 13.7. The lowest BCUT2D eigenvalue weighted by atomic mass is 10.1. The van der Waals surface area contributed by atoms with E-state index in [9.17, 15) is 13.6 Å². The van der Waals surface area contributed by atoms with Gasteiger partial charge in [-0.2, -0.15) is 0 Å². The summed E-state index contributed by atoms with van der Waals surface area (Å²) < 4.78 is 26.8. The minimum atomic E-state index is -0.659. The molecule has 2 aromatic carbocycles. The van der Waals surface area contributed by atoms with Crippen LogP contribution in [0.25, 0.3) is 0 Å². The normalized spacial score (nSPS) is 10.3. The second-order valence-corrected chi connectivity index (χ2v) is 5.21. The van der Waals surface area contributed by atoms with Crippen LogP contribution in [-0.2, 0) is 11.2 Å². The third kappa shape index (κ3) is 5.70. The van der Waals surface area contributed by atoms with Crippen molar-refractivity contribution in [1.29, 1.82) is 0 Å². The third-order valence-corrected chi connectivity index (χ3v) is 3.42. The Morgan fingerprint density at radius 3 is 2.30 bits per heavy atom. The zero-order valence-corrected chi connectivity index (χ0v) is 12.8. The van der Waals surface area contributed by atoms with Crippen molar-refractivity contribution >= 4 is 11.6 Å². The first-order chi connectivity index (χ1) is 11.2. The second kappa shape index (κ2) is 8.88. The summed E-state index contributed by atoms with van der Waals surface area (Å²) in [5.74, 6) is -1.45. The number of carbonyl (C=O) groups is 1. The average Bonchev–Trinajstić information content (AvgIpc) is 2.55. The summed E-state index contributed by atoms with van der Waals surface area (Å²) in [5, 5.41) is 5.42. The molecular formula is C18H20F2N2O. The molecule has 5 heteroatoms. The number of rotatable bonds is 8. The van der Waals surface area contributed by atoms with E-state index in [1.54, 1.807) is 0 Å². The number of carbonyl (C=O) groups excluding carboxylic acids is 1. The fourth-order valence-electron chi connectivity index (χ4n) is 2.22. The van der Waals surface area contributed by atoms with E-state index in [-0.39, 0.29) is 24.6 Å². The highest BCUT2D eigenvalue weighted by Gasteiger charge is 2.08. The number of nitrogens with one attached hydrogen (secondary N) is 2. The molecule has 0 saturated carbocycles. The summed E-state index contributed by atoms with van der Waals surface area (Å²) in [5.41, 5.74) is 1.04. The maximum absolute atomic E-state index is 13.4. The van der Waals surface area contributed by atoms with Gasteiger partial charge in [0.15, 0.2) is 0 Å². The fourth-order valence-corrected chi connectivity index (χ4v) is 2.22. The molecule has 0 bridgehead atoms. The lowest BCUT2D eigenvalue weighted by Gasteiger charge is -2.09. The van der Waals surface area contributed by atoms with Gasteiger partial charge in [0.25, 0.3) is 0 Å². The molecule has 0 aliphatic heterocycles. The molecule has 0 saturated heterocycles. The van der Waals surface area contributed by atoms with Gasteiger partial charge in [-0.15, -0.1) is 0 Å². The van der Waals surface area contributed by atoms with Crippen molar-refractivity contribution in [2.24, 2.45) is 0 Å². The quantitative estimate of drug-likeness (QED) is 0.731. The van der Waals surface area contributed by atoms with E-state index in [0.29, 0.717) is 6.54 Å². The highest BCUT2D eigenvalue weighted by molar-refractivity contribution is 5.76. The van der Waals surface area contributed by atoms with E-state index < -0.39 is 11.6 Å². The number of anilines is 1. The zero-order chi connectivity index (χ0) is 16.5. The van der Waals surface area contributed by atoms with Gasteiger partial charge in [-0.1, -0.05) is 36.4 Å². The van der Waals surface area contributed by atoms with Crippen LogP contribution in [0.1, 0.15) is 18.4 Å². The van der Waals surface area contributed by atoms with Crippen molar-refractivity contribution in [2.75, 3.05) is 18.4 Å². The monoisotopic (exact) mass is 318 g/mol. The van der Waals surface area contributed by atoms with Gasteiger partial charge < -0.3 is 10.6 Å². The Hall–Kier alpha value is -2.43. The molecule has 3 nitrogen and oxygen atoms in total. The van der Waals surface area contributed by atoms with Crippen molar-refractivity contribution in [3.63, 3.8) is 0 Å². The highest BCUT2D eigenvalue weighted by atomic mass is 19.1. The van der Waals surface area contributed by atoms with Crippen molar-refractivity contribution in [3.8, 4) is 0 Å². The average molecular weight is 318 g/mol. The number of para-hydroxylation sites is 1. The Morgan fingerprint density at radius 1 is 0.913 bits per heavy atom. The van der Waals surface area contributed by atoms with Crippen molar-refractivity contribution < 1.29 is 13.6 Å². The van der Waals surface area contributed by atoms with E-state index in [0.717, 1.165) is 12.8 Å². The predicted molar refractivity (Wildman–Crippen MR) is 87.2 cm³/mol. The predicted octanol–water partition coefficient (Wildman–Crippen LogP) is 3.52. The van der Waals surface area contributed by atoms with Crippen LogP contribution < -0.4 is 10.6 Å². The molecule has 2 rings (SSSR count). The summed E-state index contributed by atoms with van der Waals surface area (Å²) in [6.07, 6.45) is 1.92. The summed E-state index contributed by atoms with van der Waals surface area (Å²) in [4.78, 5) is 11.7. The van der Waals surface area contributed by atoms with Crippen LogP contribution in [0.2, 0.25) is 0 Å². The zero-order valence-electron chi connectivity index (χ0n) is 12.8. The van der Waals surface area contributed by atoms with E-state index in [4.69, 9.17) is 0 Å². The molecule has 0 aliphatic carbocycles. The summed E-state index contributed by atoms with van der Waals surface area (Å²) in [6.45, 7) is 0.768. The lowest BCUT2D eigenvalue weighted by Crippen LogP contribution is -2.26. The topological polar surface area (TPSA) is 41.1 Å². The Labute approximate surface area is 134 Å². The minimum absolute atomic E-state index is 0.137. The Balaban J connectivity index is 1.62. The molecule has 1 amide bonds. The molecule has 0 spiro atoms. The Morgan fingerprint density at radius 2 is 1.61 bits per heavy atom. The Bertz CT molecular complexity index is 612. The smallest absolute Gasteiger partial charge is 0.221 e. The molecule has 122 valence electrons. The second-order valence-electron chi connectivity index (χ2n) is 5.21. The minimum Gasteiger partial charge on any atom is -0.380 e. The van der Waals surface area contributed by atoms with Crippen LogP contribution in [0.5, 0.6) is 0 Å². The number of benzene rings is 2. The largest absolute Gasteiger partial charge is 0.380 e. The van der Waals surface area contributed by atoms with Gasteiger partial charge in [0, 0.05) is 19.5 Å². The van der Waals surface area contributed by atoms with Gasteiger partial charge in [0.1, 0.15) is 17.3 Å². The van der Waals surface area contributed by atoms with Crippen LogP contribution in [0.15, 0.2) is 48.5 Å². The van der Waals surface area contributed by atoms with E-state index >= 15 is 0 Å². The van der Waals surface area contributed by atoms with E-state index in [2.05, 4.69) is 22.8 Å². The molecule has 0 aromatic heterocycles. The molecular weight excluding hydrogens is 298 g/mol. The van der Waals surface area contributed by atoms with E-state index in [1.807, 2.05) is 18.2 Å². The molecule has 2 aromatic rings. The molecule has 0 radical (unpaired) electrons. The molecule has 0 fully saturated rings. The molecule has 0 heterocycles. The van der Waals surface area contributed by atoms with Gasteiger partial charge in [0.2, 0.25) is 5.91 Å². The van der Waals surface area contributed by atoms with Crippen LogP contribution >= 0.6 is 0 Å². The molecule has 2 N–H and O–H groups in total. The number of aryl methyl sites for hydroxylation is 1. The van der Waals surface area contributed by atoms with E-state index in [1.165, 1.54) is 23.8 Å². The maximum atomic E-state index is 13.4. The Kier molecular flexibility index (Phi) is 6.54. The number of halogens is 2. The number of hydrogen-bond acceptors (Lipinski definition) is 2. The van der Waals surface area contributed by atoms with Gasteiger partial charge >= 0.3 is 0 Å². The first-order valence-corrected chi connectivity index (χ1v) is 7.65. The van der Waals surface area contributed by atoms with Crippen molar-refractivity contribution in [3.05, 3.63) is 65.7 Å². The first kappa shape index (κ1) is 16.9. The number of hydrogen-bond donors (Lipinski definition) is 2. The molecule has 23 heavy (non-hydrogen) atoms. The third-order valence-electron chi connectivity index (χ3n) is 3.42. The van der Waals surface area contributed by atoms with Crippen LogP contribution in [0, 0.1) is 11.6 Å².